The molecule has 0 aliphatic heterocycles. The maximum atomic E-state index is 12.7. The van der Waals surface area contributed by atoms with Crippen molar-refractivity contribution in [1.82, 2.24) is 4.98 Å². The van der Waals surface area contributed by atoms with Gasteiger partial charge >= 0.3 is 0 Å². The maximum absolute atomic E-state index is 12.7. The van der Waals surface area contributed by atoms with E-state index in [4.69, 9.17) is 4.74 Å². The van der Waals surface area contributed by atoms with E-state index in [-0.39, 0.29) is 11.7 Å². The lowest BCUT2D eigenvalue weighted by Gasteiger charge is -2.13. The number of aromatic nitrogens is 1. The Kier molecular flexibility index (Phi) is 5.39. The van der Waals surface area contributed by atoms with Crippen molar-refractivity contribution in [1.29, 1.82) is 0 Å². The standard InChI is InChI=1S/C21H18N2O3/c1-15(24)17-9-10-20(26-14-16-6-3-2-4-7-16)19(12-17)21(25)23-18-8-5-11-22-13-18/h2-13H,14H2,1H3,(H,23,25). The average Bonchev–Trinajstić information content (AvgIpc) is 2.67. The molecule has 0 unspecified atom stereocenters. The molecule has 0 atom stereocenters. The molecule has 1 N–H and O–H groups in total. The van der Waals surface area contributed by atoms with Crippen LogP contribution in [0.2, 0.25) is 0 Å². The number of rotatable bonds is 6. The molecule has 5 nitrogen and oxygen atoms in total. The highest BCUT2D eigenvalue weighted by Crippen LogP contribution is 2.23. The zero-order valence-corrected chi connectivity index (χ0v) is 14.3. The Balaban J connectivity index is 1.86. The van der Waals surface area contributed by atoms with Crippen molar-refractivity contribution in [2.75, 3.05) is 5.32 Å². The second kappa shape index (κ2) is 8.07. The van der Waals surface area contributed by atoms with Crippen molar-refractivity contribution in [2.24, 2.45) is 0 Å². The van der Waals surface area contributed by atoms with E-state index >= 15 is 0 Å². The van der Waals surface area contributed by atoms with Crippen molar-refractivity contribution in [3.63, 3.8) is 0 Å². The van der Waals surface area contributed by atoms with Gasteiger partial charge in [0.25, 0.3) is 5.91 Å². The first-order valence-electron chi connectivity index (χ1n) is 8.16. The van der Waals surface area contributed by atoms with Crippen LogP contribution in [0.15, 0.2) is 73.1 Å². The molecule has 0 bridgehead atoms. The minimum atomic E-state index is -0.357. The number of carbonyl (C=O) groups is 2. The van der Waals surface area contributed by atoms with Crippen LogP contribution in [0.5, 0.6) is 5.75 Å². The molecule has 0 saturated carbocycles. The third-order valence-corrected chi connectivity index (χ3v) is 3.79. The van der Waals surface area contributed by atoms with Crippen molar-refractivity contribution in [3.8, 4) is 5.75 Å². The van der Waals surface area contributed by atoms with Gasteiger partial charge in [0.15, 0.2) is 5.78 Å². The summed E-state index contributed by atoms with van der Waals surface area (Å²) < 4.78 is 5.83. The van der Waals surface area contributed by atoms with Crippen LogP contribution >= 0.6 is 0 Å². The lowest BCUT2D eigenvalue weighted by Crippen LogP contribution is -2.14. The first-order chi connectivity index (χ1) is 12.6. The fourth-order valence-corrected chi connectivity index (χ4v) is 2.42. The number of carbonyl (C=O) groups excluding carboxylic acids is 2. The number of amides is 1. The summed E-state index contributed by atoms with van der Waals surface area (Å²) in [4.78, 5) is 28.4. The number of ketones is 1. The molecule has 130 valence electrons. The van der Waals surface area contributed by atoms with E-state index in [2.05, 4.69) is 10.3 Å². The maximum Gasteiger partial charge on any atom is 0.259 e. The molecule has 0 spiro atoms. The highest BCUT2D eigenvalue weighted by atomic mass is 16.5. The Hall–Kier alpha value is -3.47. The van der Waals surface area contributed by atoms with E-state index in [1.54, 1.807) is 42.7 Å². The molecule has 1 amide bonds. The van der Waals surface area contributed by atoms with Gasteiger partial charge < -0.3 is 10.1 Å². The second-order valence-corrected chi connectivity index (χ2v) is 5.74. The molecule has 1 heterocycles. The number of ether oxygens (including phenoxy) is 1. The Labute approximate surface area is 151 Å². The topological polar surface area (TPSA) is 68.3 Å². The largest absolute Gasteiger partial charge is 0.488 e. The predicted octanol–water partition coefficient (Wildman–Crippen LogP) is 4.12. The number of nitrogens with one attached hydrogen (secondary N) is 1. The normalized spacial score (nSPS) is 10.2. The highest BCUT2D eigenvalue weighted by Gasteiger charge is 2.16. The number of hydrogen-bond acceptors (Lipinski definition) is 4. The molecular formula is C21H18N2O3. The van der Waals surface area contributed by atoms with Crippen LogP contribution in [0.4, 0.5) is 5.69 Å². The smallest absolute Gasteiger partial charge is 0.259 e. The van der Waals surface area contributed by atoms with Gasteiger partial charge in [0, 0.05) is 11.8 Å². The average molecular weight is 346 g/mol. The van der Waals surface area contributed by atoms with Gasteiger partial charge in [0.1, 0.15) is 12.4 Å². The van der Waals surface area contributed by atoms with Gasteiger partial charge in [0.05, 0.1) is 17.4 Å². The number of hydrogen-bond donors (Lipinski definition) is 1. The van der Waals surface area contributed by atoms with E-state index in [1.165, 1.54) is 6.92 Å². The van der Waals surface area contributed by atoms with Gasteiger partial charge in [-0.1, -0.05) is 30.3 Å². The van der Waals surface area contributed by atoms with Crippen molar-refractivity contribution in [3.05, 3.63) is 89.7 Å². The third-order valence-electron chi connectivity index (χ3n) is 3.79. The summed E-state index contributed by atoms with van der Waals surface area (Å²) in [6.07, 6.45) is 3.18. The van der Waals surface area contributed by atoms with Crippen LogP contribution in [0.3, 0.4) is 0 Å². The molecule has 0 aliphatic rings. The van der Waals surface area contributed by atoms with Gasteiger partial charge in [0.2, 0.25) is 0 Å². The van der Waals surface area contributed by atoms with Crippen LogP contribution in [-0.4, -0.2) is 16.7 Å². The van der Waals surface area contributed by atoms with Gasteiger partial charge in [-0.2, -0.15) is 0 Å². The van der Waals surface area contributed by atoms with Gasteiger partial charge in [-0.15, -0.1) is 0 Å². The predicted molar refractivity (Wildman–Crippen MR) is 99.4 cm³/mol. The van der Waals surface area contributed by atoms with E-state index in [1.807, 2.05) is 30.3 Å². The number of anilines is 1. The third kappa shape index (κ3) is 4.33. The summed E-state index contributed by atoms with van der Waals surface area (Å²) in [5.41, 5.74) is 2.31. The molecule has 5 heteroatoms. The molecular weight excluding hydrogens is 328 g/mol. The Morgan fingerprint density at radius 3 is 2.54 bits per heavy atom. The summed E-state index contributed by atoms with van der Waals surface area (Å²) in [6.45, 7) is 1.79. The number of Topliss-reactive ketones (excluding diaryl/α,β-unsaturated/α-hetero) is 1. The van der Waals surface area contributed by atoms with Crippen LogP contribution in [0.1, 0.15) is 33.2 Å². The van der Waals surface area contributed by atoms with Gasteiger partial charge in [-0.05, 0) is 42.8 Å². The van der Waals surface area contributed by atoms with Crippen LogP contribution in [-0.2, 0) is 6.61 Å². The molecule has 0 aliphatic carbocycles. The summed E-state index contributed by atoms with van der Waals surface area (Å²) in [5, 5.41) is 2.77. The van der Waals surface area contributed by atoms with Crippen LogP contribution in [0.25, 0.3) is 0 Å². The summed E-state index contributed by atoms with van der Waals surface area (Å²) >= 11 is 0. The second-order valence-electron chi connectivity index (χ2n) is 5.74. The SMILES string of the molecule is CC(=O)c1ccc(OCc2ccccc2)c(C(=O)Nc2cccnc2)c1. The summed E-state index contributed by atoms with van der Waals surface area (Å²) in [5.74, 6) is -0.0561. The van der Waals surface area contributed by atoms with Crippen molar-refractivity contribution >= 4 is 17.4 Å². The number of benzene rings is 2. The summed E-state index contributed by atoms with van der Waals surface area (Å²) in [6, 6.07) is 18.0. The minimum absolute atomic E-state index is 0.116. The van der Waals surface area contributed by atoms with E-state index in [0.29, 0.717) is 29.2 Å². The molecule has 3 rings (SSSR count). The molecule has 3 aromatic rings. The Morgan fingerprint density at radius 1 is 1.04 bits per heavy atom. The van der Waals surface area contributed by atoms with Crippen LogP contribution < -0.4 is 10.1 Å². The lowest BCUT2D eigenvalue weighted by molar-refractivity contribution is 0.101. The minimum Gasteiger partial charge on any atom is -0.488 e. The number of nitrogens with zero attached hydrogens (tertiary/aromatic N) is 1. The molecule has 26 heavy (non-hydrogen) atoms. The van der Waals surface area contributed by atoms with E-state index in [0.717, 1.165) is 5.56 Å². The molecule has 0 radical (unpaired) electrons. The summed E-state index contributed by atoms with van der Waals surface area (Å²) in [7, 11) is 0. The van der Waals surface area contributed by atoms with Crippen molar-refractivity contribution in [2.45, 2.75) is 13.5 Å². The molecule has 0 fully saturated rings. The van der Waals surface area contributed by atoms with Gasteiger partial charge in [-0.3, -0.25) is 14.6 Å². The fraction of sp³-hybridized carbons (Fsp3) is 0.0952. The first-order valence-corrected chi connectivity index (χ1v) is 8.16. The Morgan fingerprint density at radius 2 is 1.85 bits per heavy atom. The number of pyridine rings is 1. The molecule has 1 aromatic heterocycles. The molecule has 0 saturated heterocycles. The Bertz CT molecular complexity index is 909. The van der Waals surface area contributed by atoms with Gasteiger partial charge in [-0.25, -0.2) is 0 Å². The van der Waals surface area contributed by atoms with Crippen LogP contribution in [0, 0.1) is 0 Å². The molecule has 2 aromatic carbocycles. The monoisotopic (exact) mass is 346 g/mol. The lowest BCUT2D eigenvalue weighted by atomic mass is 10.1. The zero-order chi connectivity index (χ0) is 18.4. The highest BCUT2D eigenvalue weighted by molar-refractivity contribution is 6.08. The fourth-order valence-electron chi connectivity index (χ4n) is 2.42. The quantitative estimate of drug-likeness (QED) is 0.682. The van der Waals surface area contributed by atoms with E-state index < -0.39 is 0 Å². The zero-order valence-electron chi connectivity index (χ0n) is 14.3. The first kappa shape index (κ1) is 17.4. The van der Waals surface area contributed by atoms with Crippen molar-refractivity contribution < 1.29 is 14.3 Å². The van der Waals surface area contributed by atoms with E-state index in [9.17, 15) is 9.59 Å².